The van der Waals surface area contributed by atoms with E-state index in [4.69, 9.17) is 10.5 Å². The molecule has 0 fully saturated rings. The van der Waals surface area contributed by atoms with E-state index in [1.165, 1.54) is 0 Å². The van der Waals surface area contributed by atoms with Crippen LogP contribution in [-0.4, -0.2) is 42.1 Å². The Balaban J connectivity index is 2.12. The van der Waals surface area contributed by atoms with Gasteiger partial charge < -0.3 is 20.4 Å². The largest absolute Gasteiger partial charge is 0.399 e. The van der Waals surface area contributed by atoms with Crippen molar-refractivity contribution < 1.29 is 9.53 Å². The van der Waals surface area contributed by atoms with Crippen molar-refractivity contribution in [3.05, 3.63) is 30.0 Å². The topological polar surface area (TPSA) is 71.3 Å². The molecule has 0 radical (unpaired) electrons. The minimum Gasteiger partial charge on any atom is -0.399 e. The summed E-state index contributed by atoms with van der Waals surface area (Å²) in [5.41, 5.74) is 7.98. The van der Waals surface area contributed by atoms with Crippen molar-refractivity contribution in [3.8, 4) is 0 Å². The van der Waals surface area contributed by atoms with Crippen molar-refractivity contribution in [1.82, 2.24) is 9.88 Å². The number of rotatable bonds is 5. The van der Waals surface area contributed by atoms with Gasteiger partial charge in [-0.1, -0.05) is 0 Å². The molecule has 2 aromatic rings. The number of hydrogen-bond acceptors (Lipinski definition) is 3. The van der Waals surface area contributed by atoms with Gasteiger partial charge in [0, 0.05) is 36.4 Å². The predicted molar refractivity (Wildman–Crippen MR) is 80.8 cm³/mol. The zero-order valence-corrected chi connectivity index (χ0v) is 12.1. The molecule has 0 saturated carbocycles. The van der Waals surface area contributed by atoms with Gasteiger partial charge in [0.05, 0.1) is 18.3 Å². The number of benzene rings is 1. The SMILES string of the molecule is CC(C)OCCN(C)C(=O)c1c[nH]c2ccc(N)cc12. The van der Waals surface area contributed by atoms with Crippen LogP contribution in [0, 0.1) is 0 Å². The Morgan fingerprint density at radius 3 is 2.90 bits per heavy atom. The average molecular weight is 275 g/mol. The predicted octanol–water partition coefficient (Wildman–Crippen LogP) is 2.25. The van der Waals surface area contributed by atoms with Gasteiger partial charge in [-0.05, 0) is 32.0 Å². The molecule has 5 nitrogen and oxygen atoms in total. The second-order valence-corrected chi connectivity index (χ2v) is 5.15. The zero-order valence-electron chi connectivity index (χ0n) is 12.1. The van der Waals surface area contributed by atoms with Gasteiger partial charge in [0.2, 0.25) is 0 Å². The van der Waals surface area contributed by atoms with E-state index in [9.17, 15) is 4.79 Å². The number of amides is 1. The minimum atomic E-state index is -0.0331. The van der Waals surface area contributed by atoms with Gasteiger partial charge in [-0.2, -0.15) is 0 Å². The number of aromatic amines is 1. The number of nitrogens with one attached hydrogen (secondary N) is 1. The third-order valence-electron chi connectivity index (χ3n) is 3.16. The summed E-state index contributed by atoms with van der Waals surface area (Å²) in [4.78, 5) is 17.2. The summed E-state index contributed by atoms with van der Waals surface area (Å²) in [6, 6.07) is 5.51. The van der Waals surface area contributed by atoms with E-state index in [1.54, 1.807) is 18.1 Å². The standard InChI is InChI=1S/C15H21N3O2/c1-10(2)20-7-6-18(3)15(19)13-9-17-14-5-4-11(16)8-12(13)14/h4-5,8-10,17H,6-7,16H2,1-3H3. The molecule has 2 rings (SSSR count). The number of H-pyrrole nitrogens is 1. The molecule has 0 aliphatic carbocycles. The highest BCUT2D eigenvalue weighted by atomic mass is 16.5. The van der Waals surface area contributed by atoms with Crippen LogP contribution in [0.3, 0.4) is 0 Å². The highest BCUT2D eigenvalue weighted by Crippen LogP contribution is 2.21. The molecule has 1 aromatic heterocycles. The van der Waals surface area contributed by atoms with Gasteiger partial charge in [-0.15, -0.1) is 0 Å². The molecular formula is C15H21N3O2. The third-order valence-corrected chi connectivity index (χ3v) is 3.16. The lowest BCUT2D eigenvalue weighted by atomic mass is 10.1. The Morgan fingerprint density at radius 2 is 2.20 bits per heavy atom. The highest BCUT2D eigenvalue weighted by molar-refractivity contribution is 6.07. The maximum absolute atomic E-state index is 12.4. The molecule has 0 aliphatic heterocycles. The summed E-state index contributed by atoms with van der Waals surface area (Å²) in [6.45, 7) is 5.05. The van der Waals surface area contributed by atoms with Gasteiger partial charge >= 0.3 is 0 Å². The maximum Gasteiger partial charge on any atom is 0.255 e. The van der Waals surface area contributed by atoms with Crippen molar-refractivity contribution in [2.45, 2.75) is 20.0 Å². The first-order chi connectivity index (χ1) is 9.49. The van der Waals surface area contributed by atoms with Crippen molar-refractivity contribution in [2.24, 2.45) is 0 Å². The molecule has 0 spiro atoms. The minimum absolute atomic E-state index is 0.0331. The third kappa shape index (κ3) is 3.11. The van der Waals surface area contributed by atoms with Crippen molar-refractivity contribution >= 4 is 22.5 Å². The van der Waals surface area contributed by atoms with Crippen molar-refractivity contribution in [3.63, 3.8) is 0 Å². The molecule has 108 valence electrons. The molecule has 5 heteroatoms. The Bertz CT molecular complexity index is 604. The molecule has 0 atom stereocenters. The Hall–Kier alpha value is -2.01. The lowest BCUT2D eigenvalue weighted by Crippen LogP contribution is -2.30. The van der Waals surface area contributed by atoms with Crippen molar-refractivity contribution in [2.75, 3.05) is 25.9 Å². The van der Waals surface area contributed by atoms with E-state index in [1.807, 2.05) is 32.0 Å². The van der Waals surface area contributed by atoms with Gasteiger partial charge in [0.15, 0.2) is 0 Å². The van der Waals surface area contributed by atoms with E-state index in [-0.39, 0.29) is 12.0 Å². The number of fused-ring (bicyclic) bond motifs is 1. The summed E-state index contributed by atoms with van der Waals surface area (Å²) < 4.78 is 5.46. The number of anilines is 1. The van der Waals surface area contributed by atoms with Crippen LogP contribution in [0.15, 0.2) is 24.4 Å². The van der Waals surface area contributed by atoms with Crippen LogP contribution in [0.25, 0.3) is 10.9 Å². The van der Waals surface area contributed by atoms with Gasteiger partial charge in [-0.3, -0.25) is 4.79 Å². The molecule has 0 unspecified atom stereocenters. The number of nitrogen functional groups attached to an aromatic ring is 1. The molecule has 1 amide bonds. The number of carbonyl (C=O) groups excluding carboxylic acids is 1. The van der Waals surface area contributed by atoms with Crippen molar-refractivity contribution in [1.29, 1.82) is 0 Å². The lowest BCUT2D eigenvalue weighted by molar-refractivity contribution is 0.0533. The Labute approximate surface area is 118 Å². The second-order valence-electron chi connectivity index (χ2n) is 5.15. The van der Waals surface area contributed by atoms with Crippen LogP contribution >= 0.6 is 0 Å². The van der Waals surface area contributed by atoms with Crippen LogP contribution < -0.4 is 5.73 Å². The first-order valence-electron chi connectivity index (χ1n) is 6.72. The number of ether oxygens (including phenoxy) is 1. The maximum atomic E-state index is 12.4. The van der Waals surface area contributed by atoms with Crippen LogP contribution in [0.5, 0.6) is 0 Å². The van der Waals surface area contributed by atoms with Crippen LogP contribution in [0.1, 0.15) is 24.2 Å². The molecule has 0 aliphatic rings. The van der Waals surface area contributed by atoms with Crippen LogP contribution in [-0.2, 0) is 4.74 Å². The second kappa shape index (κ2) is 5.96. The van der Waals surface area contributed by atoms with Gasteiger partial charge in [-0.25, -0.2) is 0 Å². The Kier molecular flexibility index (Phi) is 4.29. The molecule has 1 aromatic carbocycles. The fourth-order valence-corrected chi connectivity index (χ4v) is 2.05. The normalized spacial score (nSPS) is 11.2. The van der Waals surface area contributed by atoms with E-state index in [2.05, 4.69) is 4.98 Å². The smallest absolute Gasteiger partial charge is 0.255 e. The zero-order chi connectivity index (χ0) is 14.7. The number of carbonyl (C=O) groups is 1. The number of hydrogen-bond donors (Lipinski definition) is 2. The summed E-state index contributed by atoms with van der Waals surface area (Å²) in [5.74, 6) is -0.0331. The molecule has 20 heavy (non-hydrogen) atoms. The van der Waals surface area contributed by atoms with Gasteiger partial charge in [0.1, 0.15) is 0 Å². The molecule has 1 heterocycles. The van der Waals surface area contributed by atoms with Crippen LogP contribution in [0.2, 0.25) is 0 Å². The lowest BCUT2D eigenvalue weighted by Gasteiger charge is -2.17. The number of nitrogens with zero attached hydrogens (tertiary/aromatic N) is 1. The molecule has 0 bridgehead atoms. The van der Waals surface area contributed by atoms with E-state index < -0.39 is 0 Å². The molecule has 0 saturated heterocycles. The Morgan fingerprint density at radius 1 is 1.45 bits per heavy atom. The number of likely N-dealkylation sites (N-methyl/N-ethyl adjacent to an activating group) is 1. The summed E-state index contributed by atoms with van der Waals surface area (Å²) >= 11 is 0. The van der Waals surface area contributed by atoms with Gasteiger partial charge in [0.25, 0.3) is 5.91 Å². The highest BCUT2D eigenvalue weighted by Gasteiger charge is 2.16. The molecular weight excluding hydrogens is 254 g/mol. The fraction of sp³-hybridized carbons (Fsp3) is 0.400. The molecule has 3 N–H and O–H groups in total. The van der Waals surface area contributed by atoms with E-state index >= 15 is 0 Å². The number of nitrogens with two attached hydrogens (primary N) is 1. The van der Waals surface area contributed by atoms with E-state index in [0.717, 1.165) is 10.9 Å². The first kappa shape index (κ1) is 14.4. The van der Waals surface area contributed by atoms with Crippen LogP contribution in [0.4, 0.5) is 5.69 Å². The summed E-state index contributed by atoms with van der Waals surface area (Å²) in [7, 11) is 1.77. The monoisotopic (exact) mass is 275 g/mol. The van der Waals surface area contributed by atoms with E-state index in [0.29, 0.717) is 24.4 Å². The summed E-state index contributed by atoms with van der Waals surface area (Å²) in [5, 5.41) is 0.853. The average Bonchev–Trinajstić information content (AvgIpc) is 2.80. The fourth-order valence-electron chi connectivity index (χ4n) is 2.05. The summed E-state index contributed by atoms with van der Waals surface area (Å²) in [6.07, 6.45) is 1.90. The number of aromatic nitrogens is 1. The first-order valence-corrected chi connectivity index (χ1v) is 6.72. The quantitative estimate of drug-likeness (QED) is 0.822.